The minimum absolute atomic E-state index is 0.214. The molecule has 3 aromatic carbocycles. The molecule has 0 atom stereocenters. The van der Waals surface area contributed by atoms with Crippen LogP contribution in [0, 0.1) is 0 Å². The molecule has 0 aliphatic heterocycles. The van der Waals surface area contributed by atoms with Crippen molar-refractivity contribution < 1.29 is 17.9 Å². The minimum atomic E-state index is -4.67. The van der Waals surface area contributed by atoms with Crippen molar-refractivity contribution in [2.45, 2.75) is 12.8 Å². The number of halogens is 3. The van der Waals surface area contributed by atoms with Crippen molar-refractivity contribution in [3.8, 4) is 17.0 Å². The molecule has 1 aromatic heterocycles. The van der Waals surface area contributed by atoms with Crippen LogP contribution < -0.4 is 4.74 Å². The van der Waals surface area contributed by atoms with Gasteiger partial charge in [-0.15, -0.1) is 13.2 Å². The maximum absolute atomic E-state index is 12.2. The number of alkyl halides is 3. The zero-order chi connectivity index (χ0) is 19.6. The molecule has 4 aromatic rings. The van der Waals surface area contributed by atoms with Crippen LogP contribution in [0.5, 0.6) is 5.75 Å². The number of ether oxygens (including phenoxy) is 1. The Hall–Kier alpha value is -3.34. The summed E-state index contributed by atoms with van der Waals surface area (Å²) in [5, 5.41) is 1.10. The Morgan fingerprint density at radius 1 is 0.714 bits per heavy atom. The van der Waals surface area contributed by atoms with Gasteiger partial charge in [0.05, 0.1) is 11.2 Å². The summed E-state index contributed by atoms with van der Waals surface area (Å²) in [6.45, 7) is 0. The number of pyridine rings is 1. The molecule has 0 spiro atoms. The summed E-state index contributed by atoms with van der Waals surface area (Å²) in [6.07, 6.45) is -4.05. The molecule has 2 nitrogen and oxygen atoms in total. The van der Waals surface area contributed by atoms with Crippen LogP contribution in [0.2, 0.25) is 0 Å². The SMILES string of the molecule is FC(F)(F)Oc1ccc(Cc2ccc(-c3ccc4ccccc4n3)cc2)cc1. The van der Waals surface area contributed by atoms with E-state index >= 15 is 0 Å². The molecule has 0 amide bonds. The molecule has 28 heavy (non-hydrogen) atoms. The second-order valence-corrected chi connectivity index (χ2v) is 6.45. The average molecular weight is 379 g/mol. The summed E-state index contributed by atoms with van der Waals surface area (Å²) in [5.74, 6) is -0.214. The quantitative estimate of drug-likeness (QED) is 0.410. The molecule has 140 valence electrons. The van der Waals surface area contributed by atoms with Gasteiger partial charge in [0.1, 0.15) is 5.75 Å². The lowest BCUT2D eigenvalue weighted by Crippen LogP contribution is -2.17. The van der Waals surface area contributed by atoms with Gasteiger partial charge in [0.15, 0.2) is 0 Å². The standard InChI is InChI=1S/C23H16F3NO/c24-23(25,26)28-20-12-7-17(8-13-20)15-16-5-9-19(10-6-16)22-14-11-18-3-1-2-4-21(18)27-22/h1-14H,15H2. The van der Waals surface area contributed by atoms with E-state index in [1.165, 1.54) is 12.1 Å². The number of hydrogen-bond acceptors (Lipinski definition) is 2. The van der Waals surface area contributed by atoms with Crippen LogP contribution in [0.15, 0.2) is 84.9 Å². The van der Waals surface area contributed by atoms with Gasteiger partial charge in [0.25, 0.3) is 0 Å². The Morgan fingerprint density at radius 3 is 2.04 bits per heavy atom. The van der Waals surface area contributed by atoms with E-state index in [1.807, 2.05) is 54.6 Å². The van der Waals surface area contributed by atoms with E-state index in [0.29, 0.717) is 6.42 Å². The first kappa shape index (κ1) is 18.0. The van der Waals surface area contributed by atoms with E-state index in [2.05, 4.69) is 10.8 Å². The van der Waals surface area contributed by atoms with Gasteiger partial charge < -0.3 is 4.74 Å². The number of benzene rings is 3. The largest absolute Gasteiger partial charge is 0.573 e. The second-order valence-electron chi connectivity index (χ2n) is 6.45. The van der Waals surface area contributed by atoms with E-state index < -0.39 is 6.36 Å². The Morgan fingerprint density at radius 2 is 1.36 bits per heavy atom. The monoisotopic (exact) mass is 379 g/mol. The molecule has 0 N–H and O–H groups in total. The Kier molecular flexibility index (Phi) is 4.74. The fraction of sp³-hybridized carbons (Fsp3) is 0.0870. The second kappa shape index (κ2) is 7.35. The van der Waals surface area contributed by atoms with Crippen molar-refractivity contribution in [3.63, 3.8) is 0 Å². The zero-order valence-corrected chi connectivity index (χ0v) is 14.8. The summed E-state index contributed by atoms with van der Waals surface area (Å²) in [5.41, 5.74) is 4.84. The topological polar surface area (TPSA) is 22.1 Å². The van der Waals surface area contributed by atoms with Crippen LogP contribution in [0.25, 0.3) is 22.2 Å². The smallest absolute Gasteiger partial charge is 0.406 e. The van der Waals surface area contributed by atoms with Crippen molar-refractivity contribution in [1.82, 2.24) is 4.98 Å². The van der Waals surface area contributed by atoms with Crippen LogP contribution in [0.1, 0.15) is 11.1 Å². The predicted octanol–water partition coefficient (Wildman–Crippen LogP) is 6.39. The first-order chi connectivity index (χ1) is 13.5. The number of nitrogens with zero attached hydrogens (tertiary/aromatic N) is 1. The van der Waals surface area contributed by atoms with Crippen LogP contribution in [-0.2, 0) is 6.42 Å². The van der Waals surface area contributed by atoms with E-state index in [0.717, 1.165) is 33.3 Å². The molecule has 0 bridgehead atoms. The van der Waals surface area contributed by atoms with E-state index in [9.17, 15) is 13.2 Å². The molecule has 0 saturated carbocycles. The highest BCUT2D eigenvalue weighted by molar-refractivity contribution is 5.81. The van der Waals surface area contributed by atoms with Gasteiger partial charge in [-0.2, -0.15) is 0 Å². The van der Waals surface area contributed by atoms with Gasteiger partial charge in [0.2, 0.25) is 0 Å². The lowest BCUT2D eigenvalue weighted by molar-refractivity contribution is -0.274. The number of fused-ring (bicyclic) bond motifs is 1. The third kappa shape index (κ3) is 4.31. The average Bonchev–Trinajstić information content (AvgIpc) is 2.69. The summed E-state index contributed by atoms with van der Waals surface area (Å²) >= 11 is 0. The van der Waals surface area contributed by atoms with Gasteiger partial charge in [0, 0.05) is 10.9 Å². The van der Waals surface area contributed by atoms with Gasteiger partial charge >= 0.3 is 6.36 Å². The first-order valence-corrected chi connectivity index (χ1v) is 8.76. The number of aromatic nitrogens is 1. The lowest BCUT2D eigenvalue weighted by atomic mass is 10.0. The van der Waals surface area contributed by atoms with Gasteiger partial charge in [-0.3, -0.25) is 0 Å². The van der Waals surface area contributed by atoms with Crippen molar-refractivity contribution in [1.29, 1.82) is 0 Å². The Balaban J connectivity index is 1.48. The molecule has 1 heterocycles. The molecule has 0 fully saturated rings. The molecule has 0 aliphatic carbocycles. The summed E-state index contributed by atoms with van der Waals surface area (Å²) in [4.78, 5) is 4.69. The molecule has 0 radical (unpaired) electrons. The predicted molar refractivity (Wildman–Crippen MR) is 103 cm³/mol. The zero-order valence-electron chi connectivity index (χ0n) is 14.8. The highest BCUT2D eigenvalue weighted by Gasteiger charge is 2.30. The molecule has 4 rings (SSSR count). The van der Waals surface area contributed by atoms with E-state index in [-0.39, 0.29) is 5.75 Å². The maximum atomic E-state index is 12.2. The third-order valence-corrected chi connectivity index (χ3v) is 4.41. The molecule has 0 saturated heterocycles. The molecule has 0 unspecified atom stereocenters. The summed E-state index contributed by atoms with van der Waals surface area (Å²) in [6, 6.07) is 26.0. The van der Waals surface area contributed by atoms with Crippen molar-refractivity contribution in [3.05, 3.63) is 96.1 Å². The number of hydrogen-bond donors (Lipinski definition) is 0. The molecule has 5 heteroatoms. The van der Waals surface area contributed by atoms with Crippen LogP contribution >= 0.6 is 0 Å². The van der Waals surface area contributed by atoms with Crippen LogP contribution in [0.3, 0.4) is 0 Å². The van der Waals surface area contributed by atoms with Gasteiger partial charge in [-0.25, -0.2) is 4.98 Å². The molecular formula is C23H16F3NO. The van der Waals surface area contributed by atoms with Gasteiger partial charge in [-0.05, 0) is 41.8 Å². The summed E-state index contributed by atoms with van der Waals surface area (Å²) < 4.78 is 40.6. The number of rotatable bonds is 4. The minimum Gasteiger partial charge on any atom is -0.406 e. The third-order valence-electron chi connectivity index (χ3n) is 4.41. The Bertz CT molecular complexity index is 1090. The van der Waals surface area contributed by atoms with Crippen molar-refractivity contribution in [2.75, 3.05) is 0 Å². The van der Waals surface area contributed by atoms with E-state index in [4.69, 9.17) is 4.98 Å². The maximum Gasteiger partial charge on any atom is 0.573 e. The van der Waals surface area contributed by atoms with Crippen molar-refractivity contribution in [2.24, 2.45) is 0 Å². The molecule has 0 aliphatic rings. The fourth-order valence-electron chi connectivity index (χ4n) is 3.06. The Labute approximate surface area is 160 Å². The van der Waals surface area contributed by atoms with Crippen LogP contribution in [-0.4, -0.2) is 11.3 Å². The van der Waals surface area contributed by atoms with E-state index in [1.54, 1.807) is 12.1 Å². The fourth-order valence-corrected chi connectivity index (χ4v) is 3.06. The summed E-state index contributed by atoms with van der Waals surface area (Å²) in [7, 11) is 0. The van der Waals surface area contributed by atoms with Gasteiger partial charge in [-0.1, -0.05) is 60.7 Å². The number of para-hydroxylation sites is 1. The lowest BCUT2D eigenvalue weighted by Gasteiger charge is -2.09. The first-order valence-electron chi connectivity index (χ1n) is 8.76. The van der Waals surface area contributed by atoms with Crippen molar-refractivity contribution >= 4 is 10.9 Å². The highest BCUT2D eigenvalue weighted by atomic mass is 19.4. The normalized spacial score (nSPS) is 11.5. The molecular weight excluding hydrogens is 363 g/mol. The highest BCUT2D eigenvalue weighted by Crippen LogP contribution is 2.25. The van der Waals surface area contributed by atoms with Crippen LogP contribution in [0.4, 0.5) is 13.2 Å².